The Kier molecular flexibility index (Phi) is 11.3. The molecule has 0 atom stereocenters. The number of anilines is 3. The van der Waals surface area contributed by atoms with E-state index in [-0.39, 0.29) is 81.6 Å². The number of aryl methyl sites for hydroxylation is 1. The van der Waals surface area contributed by atoms with Gasteiger partial charge in [0.15, 0.2) is 0 Å². The number of nitrogen functional groups attached to an aromatic ring is 1. The second-order valence-electron chi connectivity index (χ2n) is 8.68. The molecular formula is C24H17F3N4Na2O8S2. The Morgan fingerprint density at radius 1 is 0.860 bits per heavy atom. The fraction of sp³-hybridized carbons (Fsp3) is 0.0833. The third-order valence-electron chi connectivity index (χ3n) is 5.78. The van der Waals surface area contributed by atoms with Crippen molar-refractivity contribution in [3.05, 3.63) is 77.6 Å². The van der Waals surface area contributed by atoms with Crippen LogP contribution in [0.3, 0.4) is 0 Å². The molecular weight excluding hydrogens is 639 g/mol. The molecule has 19 heteroatoms. The fourth-order valence-electron chi connectivity index (χ4n) is 4.08. The molecule has 216 valence electrons. The number of benzene rings is 3. The molecule has 0 unspecified atom stereocenters. The van der Waals surface area contributed by atoms with Crippen molar-refractivity contribution in [1.82, 2.24) is 4.57 Å². The van der Waals surface area contributed by atoms with E-state index in [1.54, 1.807) is 0 Å². The summed E-state index contributed by atoms with van der Waals surface area (Å²) < 4.78 is 112. The van der Waals surface area contributed by atoms with Crippen LogP contribution in [-0.4, -0.2) is 42.3 Å². The van der Waals surface area contributed by atoms with Crippen LogP contribution in [0.25, 0.3) is 10.8 Å². The Bertz CT molecular complexity index is 1970. The second-order valence-corrected chi connectivity index (χ2v) is 11.3. The maximum Gasteiger partial charge on any atom is 1.00 e. The molecule has 0 fully saturated rings. The minimum atomic E-state index is -5.33. The first-order chi connectivity index (χ1) is 18.9. The first-order valence-electron chi connectivity index (χ1n) is 11.1. The number of nitrogens with two attached hydrogens (primary N) is 1. The van der Waals surface area contributed by atoms with Crippen LogP contribution < -0.4 is 75.5 Å². The minimum Gasteiger partial charge on any atom is -0.744 e. The molecule has 0 saturated heterocycles. The predicted molar refractivity (Wildman–Crippen MR) is 137 cm³/mol. The van der Waals surface area contributed by atoms with Crippen LogP contribution >= 0.6 is 0 Å². The van der Waals surface area contributed by atoms with Crippen LogP contribution in [-0.2, 0) is 33.5 Å². The summed E-state index contributed by atoms with van der Waals surface area (Å²) in [5.41, 5.74) is 2.89. The third-order valence-corrected chi connectivity index (χ3v) is 7.61. The number of rotatable bonds is 6. The van der Waals surface area contributed by atoms with Crippen molar-refractivity contribution in [2.75, 3.05) is 16.4 Å². The van der Waals surface area contributed by atoms with Gasteiger partial charge in [0.05, 0.1) is 26.7 Å². The Balaban J connectivity index is 0.00000323. The van der Waals surface area contributed by atoms with Crippen molar-refractivity contribution < 1.29 is 108 Å². The molecule has 0 saturated carbocycles. The summed E-state index contributed by atoms with van der Waals surface area (Å²) in [6, 6.07) is 8.44. The summed E-state index contributed by atoms with van der Waals surface area (Å²) in [7, 11) is -9.02. The Labute approximate surface area is 286 Å². The largest absolute Gasteiger partial charge is 1.00 e. The van der Waals surface area contributed by atoms with Crippen LogP contribution in [0.15, 0.2) is 70.6 Å². The molecule has 12 nitrogen and oxygen atoms in total. The summed E-state index contributed by atoms with van der Waals surface area (Å²) in [5.74, 6) is -1.95. The van der Waals surface area contributed by atoms with Crippen LogP contribution in [0, 0.1) is 0 Å². The molecule has 3 aromatic carbocycles. The van der Waals surface area contributed by atoms with Gasteiger partial charge in [0.25, 0.3) is 11.8 Å². The number of carbonyl (C=O) groups is 2. The van der Waals surface area contributed by atoms with Crippen molar-refractivity contribution >= 4 is 59.9 Å². The molecule has 0 aliphatic rings. The summed E-state index contributed by atoms with van der Waals surface area (Å²) in [4.78, 5) is 23.8. The number of nitrogens with zero attached hydrogens (tertiary/aromatic N) is 1. The Hall–Kier alpha value is -2.45. The molecule has 0 radical (unpaired) electrons. The number of halogens is 3. The number of nitrogens with one attached hydrogen (secondary N) is 2. The number of aromatic nitrogens is 1. The summed E-state index contributed by atoms with van der Waals surface area (Å²) in [6.07, 6.45) is -3.52. The third kappa shape index (κ3) is 8.18. The number of amides is 2. The topological polar surface area (TPSA) is 204 Å². The zero-order valence-corrected chi connectivity index (χ0v) is 28.1. The number of fused-ring (bicyclic) bond motifs is 1. The molecule has 1 heterocycles. The van der Waals surface area contributed by atoms with Gasteiger partial charge in [-0.25, -0.2) is 16.8 Å². The SMILES string of the molecule is Cn1cc(NC(=O)c2cc(N)cc(C(F)(F)F)c2)cc1C(=O)Nc1ccc2c(S(=O)(=O)[O-])cccc2c1S(=O)(=O)[O-].[Na+].[Na+]. The van der Waals surface area contributed by atoms with E-state index in [0.717, 1.165) is 42.5 Å². The molecule has 43 heavy (non-hydrogen) atoms. The Morgan fingerprint density at radius 2 is 1.51 bits per heavy atom. The number of hydrogen-bond donors (Lipinski definition) is 3. The second kappa shape index (κ2) is 13.3. The van der Waals surface area contributed by atoms with Crippen LogP contribution in [0.2, 0.25) is 0 Å². The normalized spacial score (nSPS) is 11.8. The number of hydrogen-bond acceptors (Lipinski definition) is 9. The predicted octanol–water partition coefficient (Wildman–Crippen LogP) is -2.90. The zero-order chi connectivity index (χ0) is 30.5. The zero-order valence-electron chi connectivity index (χ0n) is 22.5. The van der Waals surface area contributed by atoms with Crippen molar-refractivity contribution in [1.29, 1.82) is 0 Å². The molecule has 4 N–H and O–H groups in total. The van der Waals surface area contributed by atoms with Crippen molar-refractivity contribution in [3.8, 4) is 0 Å². The number of carbonyl (C=O) groups excluding carboxylic acids is 2. The van der Waals surface area contributed by atoms with Gasteiger partial charge in [0, 0.05) is 35.3 Å². The van der Waals surface area contributed by atoms with Crippen LogP contribution in [0.1, 0.15) is 26.4 Å². The average molecular weight is 657 g/mol. The van der Waals surface area contributed by atoms with Gasteiger partial charge in [-0.15, -0.1) is 0 Å². The minimum absolute atomic E-state index is 0. The Morgan fingerprint density at radius 3 is 2.09 bits per heavy atom. The van der Waals surface area contributed by atoms with Crippen molar-refractivity contribution in [3.63, 3.8) is 0 Å². The quantitative estimate of drug-likeness (QED) is 0.111. The van der Waals surface area contributed by atoms with Gasteiger partial charge in [0.1, 0.15) is 25.9 Å². The summed E-state index contributed by atoms with van der Waals surface area (Å²) in [6.45, 7) is 0. The van der Waals surface area contributed by atoms with E-state index in [1.165, 1.54) is 17.8 Å². The van der Waals surface area contributed by atoms with Gasteiger partial charge in [-0.1, -0.05) is 18.2 Å². The first-order valence-corrected chi connectivity index (χ1v) is 13.9. The van der Waals surface area contributed by atoms with Gasteiger partial charge in [-0.2, -0.15) is 13.2 Å². The van der Waals surface area contributed by atoms with E-state index in [4.69, 9.17) is 5.73 Å². The van der Waals surface area contributed by atoms with E-state index in [0.29, 0.717) is 12.1 Å². The maximum absolute atomic E-state index is 13.1. The summed E-state index contributed by atoms with van der Waals surface area (Å²) >= 11 is 0. The van der Waals surface area contributed by atoms with Gasteiger partial charge < -0.3 is 30.0 Å². The van der Waals surface area contributed by atoms with Gasteiger partial charge in [-0.3, -0.25) is 9.59 Å². The van der Waals surface area contributed by atoms with E-state index in [2.05, 4.69) is 10.6 Å². The smallest absolute Gasteiger partial charge is 0.744 e. The standard InChI is InChI=1S/C24H19F3N4O8S2.2Na/c1-31-11-15(29-22(32)12-7-13(24(25,26)27)9-14(28)8-12)10-19(31)23(33)30-18-6-5-16-17(21(18)41(37,38)39)3-2-4-20(16)40(34,35)36;;/h2-11H,28H2,1H3,(H,29,32)(H,30,33)(H,34,35,36)(H,37,38,39);;/q;2*+1/p-2. The van der Waals surface area contributed by atoms with Crippen molar-refractivity contribution in [2.45, 2.75) is 16.0 Å². The first kappa shape index (κ1) is 36.7. The van der Waals surface area contributed by atoms with E-state index in [1.807, 2.05) is 0 Å². The monoisotopic (exact) mass is 656 g/mol. The molecule has 4 rings (SSSR count). The number of alkyl halides is 3. The molecule has 0 aliphatic carbocycles. The molecule has 0 bridgehead atoms. The van der Waals surface area contributed by atoms with Crippen LogP contribution in [0.5, 0.6) is 0 Å². The van der Waals surface area contributed by atoms with Crippen LogP contribution in [0.4, 0.5) is 30.2 Å². The van der Waals surface area contributed by atoms with Gasteiger partial charge in [0.2, 0.25) is 0 Å². The maximum atomic E-state index is 13.1. The van der Waals surface area contributed by atoms with E-state index >= 15 is 0 Å². The summed E-state index contributed by atoms with van der Waals surface area (Å²) in [5, 5.41) is 3.79. The van der Waals surface area contributed by atoms with Crippen molar-refractivity contribution in [2.24, 2.45) is 7.05 Å². The van der Waals surface area contributed by atoms with Gasteiger partial charge >= 0.3 is 65.3 Å². The van der Waals surface area contributed by atoms with E-state index in [9.17, 15) is 48.7 Å². The molecule has 0 spiro atoms. The molecule has 2 amide bonds. The molecule has 0 aliphatic heterocycles. The molecule has 1 aromatic heterocycles. The van der Waals surface area contributed by atoms with Gasteiger partial charge in [-0.05, 0) is 36.4 Å². The fourth-order valence-corrected chi connectivity index (χ4v) is 5.61. The molecule has 4 aromatic rings. The van der Waals surface area contributed by atoms with E-state index < -0.39 is 70.2 Å². The average Bonchev–Trinajstić information content (AvgIpc) is 3.20.